The summed E-state index contributed by atoms with van der Waals surface area (Å²) in [7, 11) is 0. The predicted molar refractivity (Wildman–Crippen MR) is 99.6 cm³/mol. The molecule has 1 heterocycles. The first-order chi connectivity index (χ1) is 12.6. The number of hydrogen-bond acceptors (Lipinski definition) is 4. The highest BCUT2D eigenvalue weighted by molar-refractivity contribution is 6.04. The number of H-pyrrole nitrogens is 1. The second kappa shape index (κ2) is 7.65. The van der Waals surface area contributed by atoms with Crippen LogP contribution in [0.15, 0.2) is 54.6 Å². The summed E-state index contributed by atoms with van der Waals surface area (Å²) in [5.74, 6) is 0.408. The van der Waals surface area contributed by atoms with Gasteiger partial charge in [0.2, 0.25) is 0 Å². The number of carbonyl (C=O) groups excluding carboxylic acids is 2. The van der Waals surface area contributed by atoms with Crippen molar-refractivity contribution >= 4 is 17.4 Å². The molecule has 0 radical (unpaired) electrons. The Kier molecular flexibility index (Phi) is 5.12. The summed E-state index contributed by atoms with van der Waals surface area (Å²) >= 11 is 0. The van der Waals surface area contributed by atoms with Crippen molar-refractivity contribution in [3.63, 3.8) is 0 Å². The van der Waals surface area contributed by atoms with Crippen molar-refractivity contribution in [2.24, 2.45) is 0 Å². The van der Waals surface area contributed by atoms with Gasteiger partial charge in [0.15, 0.2) is 5.78 Å². The number of ether oxygens (including phenoxy) is 1. The number of Topliss-reactive ketones (excluding diaryl/α,β-unsaturated/α-hetero) is 1. The Morgan fingerprint density at radius 3 is 2.58 bits per heavy atom. The fraction of sp³-hybridized carbons (Fsp3) is 0.150. The number of hydrogen-bond donors (Lipinski definition) is 2. The van der Waals surface area contributed by atoms with Crippen molar-refractivity contribution < 1.29 is 14.3 Å². The van der Waals surface area contributed by atoms with Crippen LogP contribution in [0.3, 0.4) is 0 Å². The molecule has 132 valence electrons. The number of benzene rings is 2. The third-order valence-corrected chi connectivity index (χ3v) is 3.81. The summed E-state index contributed by atoms with van der Waals surface area (Å²) in [6, 6.07) is 16.0. The molecule has 0 bridgehead atoms. The zero-order valence-electron chi connectivity index (χ0n) is 14.6. The summed E-state index contributed by atoms with van der Waals surface area (Å²) in [6.07, 6.45) is 0. The van der Waals surface area contributed by atoms with E-state index in [1.807, 2.05) is 31.2 Å². The quantitative estimate of drug-likeness (QED) is 0.660. The van der Waals surface area contributed by atoms with Crippen LogP contribution in [0.4, 0.5) is 5.69 Å². The molecule has 0 aliphatic rings. The molecule has 6 heteroatoms. The highest BCUT2D eigenvalue weighted by Gasteiger charge is 2.12. The predicted octanol–water partition coefficient (Wildman–Crippen LogP) is 3.93. The van der Waals surface area contributed by atoms with Gasteiger partial charge in [0, 0.05) is 16.8 Å². The Bertz CT molecular complexity index is 929. The van der Waals surface area contributed by atoms with Gasteiger partial charge in [-0.1, -0.05) is 12.1 Å². The zero-order valence-corrected chi connectivity index (χ0v) is 14.6. The zero-order chi connectivity index (χ0) is 18.5. The number of ketones is 1. The number of amides is 1. The maximum absolute atomic E-state index is 12.4. The first kappa shape index (κ1) is 17.4. The van der Waals surface area contributed by atoms with E-state index in [9.17, 15) is 9.59 Å². The van der Waals surface area contributed by atoms with E-state index in [4.69, 9.17) is 4.74 Å². The molecule has 0 saturated carbocycles. The smallest absolute Gasteiger partial charge is 0.273 e. The molecule has 0 atom stereocenters. The Morgan fingerprint density at radius 1 is 1.12 bits per heavy atom. The normalized spacial score (nSPS) is 10.4. The summed E-state index contributed by atoms with van der Waals surface area (Å²) in [5.41, 5.74) is 2.97. The largest absolute Gasteiger partial charge is 0.494 e. The number of nitrogens with one attached hydrogen (secondary N) is 2. The lowest BCUT2D eigenvalue weighted by Gasteiger charge is -2.04. The van der Waals surface area contributed by atoms with Gasteiger partial charge in [-0.05, 0) is 56.3 Å². The first-order valence-corrected chi connectivity index (χ1v) is 8.28. The Balaban J connectivity index is 1.73. The number of anilines is 1. The van der Waals surface area contributed by atoms with Crippen LogP contribution in [-0.4, -0.2) is 28.5 Å². The molecule has 0 aliphatic heterocycles. The molecule has 6 nitrogen and oxygen atoms in total. The molecule has 1 amide bonds. The number of carbonyl (C=O) groups is 2. The highest BCUT2D eigenvalue weighted by atomic mass is 16.5. The van der Waals surface area contributed by atoms with Crippen molar-refractivity contribution in [2.75, 3.05) is 11.9 Å². The minimum absolute atomic E-state index is 0.0552. The molecule has 2 N–H and O–H groups in total. The van der Waals surface area contributed by atoms with Gasteiger partial charge in [0.25, 0.3) is 5.91 Å². The maximum Gasteiger partial charge on any atom is 0.273 e. The van der Waals surface area contributed by atoms with E-state index in [1.54, 1.807) is 30.3 Å². The SMILES string of the molecule is CCOc1ccc(-c2cc(C(=O)Nc3cccc(C(C)=O)c3)[nH]n2)cc1. The van der Waals surface area contributed by atoms with Gasteiger partial charge in [0.1, 0.15) is 11.4 Å². The monoisotopic (exact) mass is 349 g/mol. The molecular formula is C20H19N3O3. The van der Waals surface area contributed by atoms with Crippen molar-refractivity contribution in [3.05, 3.63) is 65.9 Å². The lowest BCUT2D eigenvalue weighted by molar-refractivity contribution is 0.100. The maximum atomic E-state index is 12.4. The van der Waals surface area contributed by atoms with Crippen molar-refractivity contribution in [1.29, 1.82) is 0 Å². The van der Waals surface area contributed by atoms with Crippen LogP contribution in [0, 0.1) is 0 Å². The summed E-state index contributed by atoms with van der Waals surface area (Å²) in [6.45, 7) is 4.02. The van der Waals surface area contributed by atoms with E-state index in [2.05, 4.69) is 15.5 Å². The molecule has 1 aromatic heterocycles. The number of nitrogens with zero attached hydrogens (tertiary/aromatic N) is 1. The number of aromatic amines is 1. The summed E-state index contributed by atoms with van der Waals surface area (Å²) in [4.78, 5) is 23.8. The van der Waals surface area contributed by atoms with Crippen LogP contribution in [0.2, 0.25) is 0 Å². The molecule has 0 unspecified atom stereocenters. The van der Waals surface area contributed by atoms with Crippen LogP contribution in [0.5, 0.6) is 5.75 Å². The second-order valence-corrected chi connectivity index (χ2v) is 5.72. The van der Waals surface area contributed by atoms with E-state index in [0.29, 0.717) is 29.2 Å². The van der Waals surface area contributed by atoms with E-state index in [0.717, 1.165) is 11.3 Å². The van der Waals surface area contributed by atoms with Gasteiger partial charge in [-0.2, -0.15) is 5.10 Å². The Labute approximate surface area is 151 Å². The van der Waals surface area contributed by atoms with E-state index in [1.165, 1.54) is 6.92 Å². The molecule has 2 aromatic carbocycles. The highest BCUT2D eigenvalue weighted by Crippen LogP contribution is 2.22. The fourth-order valence-electron chi connectivity index (χ4n) is 2.49. The van der Waals surface area contributed by atoms with Crippen LogP contribution in [-0.2, 0) is 0 Å². The summed E-state index contributed by atoms with van der Waals surface area (Å²) < 4.78 is 5.42. The average molecular weight is 349 g/mol. The van der Waals surface area contributed by atoms with Crippen LogP contribution in [0.25, 0.3) is 11.3 Å². The Morgan fingerprint density at radius 2 is 1.88 bits per heavy atom. The molecular weight excluding hydrogens is 330 g/mol. The van der Waals surface area contributed by atoms with Gasteiger partial charge in [-0.15, -0.1) is 0 Å². The third-order valence-electron chi connectivity index (χ3n) is 3.81. The van der Waals surface area contributed by atoms with Gasteiger partial charge >= 0.3 is 0 Å². The second-order valence-electron chi connectivity index (χ2n) is 5.72. The average Bonchev–Trinajstić information content (AvgIpc) is 3.13. The minimum Gasteiger partial charge on any atom is -0.494 e. The van der Waals surface area contributed by atoms with Gasteiger partial charge in [-0.25, -0.2) is 0 Å². The van der Waals surface area contributed by atoms with Crippen LogP contribution in [0.1, 0.15) is 34.7 Å². The Hall–Kier alpha value is -3.41. The van der Waals surface area contributed by atoms with Crippen LogP contribution >= 0.6 is 0 Å². The van der Waals surface area contributed by atoms with Gasteiger partial charge < -0.3 is 10.1 Å². The van der Waals surface area contributed by atoms with Crippen molar-refractivity contribution in [2.45, 2.75) is 13.8 Å². The fourth-order valence-corrected chi connectivity index (χ4v) is 2.49. The van der Waals surface area contributed by atoms with Crippen LogP contribution < -0.4 is 10.1 Å². The molecule has 0 spiro atoms. The van der Waals surface area contributed by atoms with Gasteiger partial charge in [0.05, 0.1) is 12.3 Å². The third kappa shape index (κ3) is 3.97. The molecule has 0 aliphatic carbocycles. The molecule has 0 saturated heterocycles. The molecule has 3 rings (SSSR count). The summed E-state index contributed by atoms with van der Waals surface area (Å²) in [5, 5.41) is 9.69. The first-order valence-electron chi connectivity index (χ1n) is 8.28. The van der Waals surface area contributed by atoms with Crippen molar-refractivity contribution in [1.82, 2.24) is 10.2 Å². The van der Waals surface area contributed by atoms with Crippen molar-refractivity contribution in [3.8, 4) is 17.0 Å². The lowest BCUT2D eigenvalue weighted by atomic mass is 10.1. The standard InChI is InChI=1S/C20H19N3O3/c1-3-26-17-9-7-14(8-10-17)18-12-19(23-22-18)20(25)21-16-6-4-5-15(11-16)13(2)24/h4-12H,3H2,1-2H3,(H,21,25)(H,22,23). The topological polar surface area (TPSA) is 84.1 Å². The van der Waals surface area contributed by atoms with E-state index in [-0.39, 0.29) is 11.7 Å². The van der Waals surface area contributed by atoms with E-state index < -0.39 is 0 Å². The van der Waals surface area contributed by atoms with Gasteiger partial charge in [-0.3, -0.25) is 14.7 Å². The molecule has 0 fully saturated rings. The number of rotatable bonds is 6. The molecule has 26 heavy (non-hydrogen) atoms. The van der Waals surface area contributed by atoms with E-state index >= 15 is 0 Å². The number of aromatic nitrogens is 2. The lowest BCUT2D eigenvalue weighted by Crippen LogP contribution is -2.12. The molecule has 3 aromatic rings. The minimum atomic E-state index is -0.324.